The van der Waals surface area contributed by atoms with Crippen molar-refractivity contribution in [2.45, 2.75) is 58.1 Å². The lowest BCUT2D eigenvalue weighted by atomic mass is 10.0. The van der Waals surface area contributed by atoms with Crippen molar-refractivity contribution >= 4 is 23.2 Å². The number of aliphatic carboxylic acids is 1. The first kappa shape index (κ1) is 22.5. The third kappa shape index (κ3) is 6.16. The highest BCUT2D eigenvalue weighted by molar-refractivity contribution is 7.10. The number of carboxylic acid groups (broad SMARTS) is 1. The van der Waals surface area contributed by atoms with Crippen molar-refractivity contribution in [3.63, 3.8) is 0 Å². The van der Waals surface area contributed by atoms with Crippen LogP contribution in [-0.2, 0) is 27.3 Å². The number of benzene rings is 1. The molecule has 1 unspecified atom stereocenters. The van der Waals surface area contributed by atoms with Crippen LogP contribution in [0.4, 0.5) is 0 Å². The maximum atomic E-state index is 12.5. The quantitative estimate of drug-likeness (QED) is 0.578. The van der Waals surface area contributed by atoms with Gasteiger partial charge in [-0.1, -0.05) is 37.1 Å². The molecule has 1 aromatic heterocycles. The molecule has 0 saturated heterocycles. The molecule has 1 fully saturated rings. The number of carbonyl (C=O) groups excluding carboxylic acids is 1. The summed E-state index contributed by atoms with van der Waals surface area (Å²) in [6.07, 6.45) is 5.12. The van der Waals surface area contributed by atoms with E-state index >= 15 is 0 Å². The molecule has 3 rings (SSSR count). The fraction of sp³-hybridized carbons (Fsp3) is 0.500. The van der Waals surface area contributed by atoms with Gasteiger partial charge < -0.3 is 14.7 Å². The van der Waals surface area contributed by atoms with Gasteiger partial charge in [-0.25, -0.2) is 4.79 Å². The second-order valence-corrected chi connectivity index (χ2v) is 9.09. The van der Waals surface area contributed by atoms with Crippen molar-refractivity contribution < 1.29 is 19.4 Å². The van der Waals surface area contributed by atoms with Gasteiger partial charge in [-0.15, -0.1) is 11.3 Å². The van der Waals surface area contributed by atoms with E-state index in [9.17, 15) is 14.7 Å². The zero-order valence-electron chi connectivity index (χ0n) is 17.8. The third-order valence-electron chi connectivity index (χ3n) is 5.76. The Morgan fingerprint density at radius 2 is 1.90 bits per heavy atom. The van der Waals surface area contributed by atoms with Gasteiger partial charge in [-0.2, -0.15) is 0 Å². The summed E-state index contributed by atoms with van der Waals surface area (Å²) in [5.41, 5.74) is 3.15. The van der Waals surface area contributed by atoms with Gasteiger partial charge in [-0.3, -0.25) is 4.79 Å². The lowest BCUT2D eigenvalue weighted by Gasteiger charge is -2.18. The van der Waals surface area contributed by atoms with E-state index in [4.69, 9.17) is 4.74 Å². The topological polar surface area (TPSA) is 66.8 Å². The van der Waals surface area contributed by atoms with Crippen LogP contribution in [0.5, 0.6) is 0 Å². The molecule has 0 radical (unpaired) electrons. The number of nitrogens with zero attached hydrogens (tertiary/aromatic N) is 1. The molecule has 0 spiro atoms. The Hall–Kier alpha value is -2.18. The third-order valence-corrected chi connectivity index (χ3v) is 6.68. The van der Waals surface area contributed by atoms with E-state index in [0.717, 1.165) is 16.7 Å². The van der Waals surface area contributed by atoms with Gasteiger partial charge in [0, 0.05) is 31.4 Å². The minimum atomic E-state index is -0.935. The number of carboxylic acids is 1. The second-order valence-electron chi connectivity index (χ2n) is 8.09. The smallest absolute Gasteiger partial charge is 0.333 e. The van der Waals surface area contributed by atoms with Crippen LogP contribution in [0.1, 0.15) is 49.5 Å². The zero-order valence-corrected chi connectivity index (χ0v) is 18.6. The molecule has 0 bridgehead atoms. The molecule has 1 aliphatic rings. The lowest BCUT2D eigenvalue weighted by molar-refractivity contribution is -0.150. The van der Waals surface area contributed by atoms with Crippen molar-refractivity contribution in [2.75, 3.05) is 13.7 Å². The molecule has 30 heavy (non-hydrogen) atoms. The van der Waals surface area contributed by atoms with Crippen LogP contribution in [0.2, 0.25) is 0 Å². The zero-order chi connectivity index (χ0) is 21.5. The van der Waals surface area contributed by atoms with E-state index in [1.165, 1.54) is 30.6 Å². The van der Waals surface area contributed by atoms with Crippen molar-refractivity contribution in [2.24, 2.45) is 5.92 Å². The van der Waals surface area contributed by atoms with Gasteiger partial charge in [-0.05, 0) is 53.8 Å². The van der Waals surface area contributed by atoms with Crippen molar-refractivity contribution in [1.82, 2.24) is 4.90 Å². The van der Waals surface area contributed by atoms with E-state index in [1.54, 1.807) is 18.3 Å². The minimum Gasteiger partial charge on any atom is -0.479 e. The number of ether oxygens (including phenoxy) is 1. The fourth-order valence-corrected chi connectivity index (χ4v) is 4.97. The van der Waals surface area contributed by atoms with Gasteiger partial charge in [0.05, 0.1) is 6.54 Å². The molecule has 1 N–H and O–H groups in total. The number of hydrogen-bond acceptors (Lipinski definition) is 4. The van der Waals surface area contributed by atoms with Crippen LogP contribution in [0.3, 0.4) is 0 Å². The molecule has 1 heterocycles. The summed E-state index contributed by atoms with van der Waals surface area (Å²) < 4.78 is 5.29. The Kier molecular flexibility index (Phi) is 8.05. The summed E-state index contributed by atoms with van der Waals surface area (Å²) in [7, 11) is 1.89. The predicted molar refractivity (Wildman–Crippen MR) is 120 cm³/mol. The first-order valence-electron chi connectivity index (χ1n) is 10.7. The highest BCUT2D eigenvalue weighted by Crippen LogP contribution is 2.29. The molecule has 162 valence electrons. The summed E-state index contributed by atoms with van der Waals surface area (Å²) in [4.78, 5) is 26.8. The molecular formula is C24H31NO4S. The van der Waals surface area contributed by atoms with Gasteiger partial charge in [0.15, 0.2) is 6.10 Å². The standard InChI is InChI=1S/C24H31NO4S/c1-3-29-22(24(27)28)12-18-8-10-19(11-9-18)20-14-21(30-16-20)15-25(2)23(26)13-17-6-4-5-7-17/h8-11,14,16-17,22H,3-7,12-13,15H2,1-2H3,(H,27,28). The minimum absolute atomic E-state index is 0.239. The number of carbonyl (C=O) groups is 2. The largest absolute Gasteiger partial charge is 0.479 e. The molecular weight excluding hydrogens is 398 g/mol. The summed E-state index contributed by atoms with van der Waals surface area (Å²) in [5, 5.41) is 11.4. The lowest BCUT2D eigenvalue weighted by Crippen LogP contribution is -2.27. The molecule has 1 aromatic carbocycles. The van der Waals surface area contributed by atoms with Gasteiger partial charge >= 0.3 is 5.97 Å². The van der Waals surface area contributed by atoms with Gasteiger partial charge in [0.1, 0.15) is 0 Å². The van der Waals surface area contributed by atoms with Crippen LogP contribution in [0.25, 0.3) is 11.1 Å². The first-order chi connectivity index (χ1) is 14.5. The molecule has 2 aromatic rings. The van der Waals surface area contributed by atoms with E-state index < -0.39 is 12.1 Å². The fourth-order valence-electron chi connectivity index (χ4n) is 4.02. The van der Waals surface area contributed by atoms with E-state index in [1.807, 2.05) is 36.2 Å². The molecule has 1 amide bonds. The van der Waals surface area contributed by atoms with Crippen LogP contribution in [0.15, 0.2) is 35.7 Å². The Bertz CT molecular complexity index is 839. The molecule has 0 aliphatic heterocycles. The summed E-state index contributed by atoms with van der Waals surface area (Å²) in [6, 6.07) is 10.1. The number of thiophene rings is 1. The summed E-state index contributed by atoms with van der Waals surface area (Å²) in [6.45, 7) is 2.82. The van der Waals surface area contributed by atoms with Crippen molar-refractivity contribution in [3.8, 4) is 11.1 Å². The number of rotatable bonds is 10. The average molecular weight is 430 g/mol. The van der Waals surface area contributed by atoms with Gasteiger partial charge in [0.2, 0.25) is 5.91 Å². The van der Waals surface area contributed by atoms with E-state index in [0.29, 0.717) is 31.9 Å². The van der Waals surface area contributed by atoms with Crippen LogP contribution in [-0.4, -0.2) is 41.6 Å². The van der Waals surface area contributed by atoms with E-state index in [2.05, 4.69) is 11.4 Å². The average Bonchev–Trinajstić information content (AvgIpc) is 3.40. The normalized spacial score (nSPS) is 15.3. The monoisotopic (exact) mass is 429 g/mol. The molecule has 1 atom stereocenters. The highest BCUT2D eigenvalue weighted by Gasteiger charge is 2.21. The Balaban J connectivity index is 1.57. The molecule has 1 aliphatic carbocycles. The maximum Gasteiger partial charge on any atom is 0.333 e. The van der Waals surface area contributed by atoms with E-state index in [-0.39, 0.29) is 5.91 Å². The number of hydrogen-bond donors (Lipinski definition) is 1. The van der Waals surface area contributed by atoms with Crippen LogP contribution in [0, 0.1) is 5.92 Å². The second kappa shape index (κ2) is 10.7. The Labute approximate surface area is 182 Å². The Morgan fingerprint density at radius 1 is 1.20 bits per heavy atom. The SMILES string of the molecule is CCOC(Cc1ccc(-c2csc(CN(C)C(=O)CC3CCCC3)c2)cc1)C(=O)O. The van der Waals surface area contributed by atoms with Crippen LogP contribution >= 0.6 is 11.3 Å². The van der Waals surface area contributed by atoms with Crippen LogP contribution < -0.4 is 0 Å². The molecule has 5 nitrogen and oxygen atoms in total. The molecule has 6 heteroatoms. The van der Waals surface area contributed by atoms with Crippen molar-refractivity contribution in [3.05, 3.63) is 46.2 Å². The summed E-state index contributed by atoms with van der Waals surface area (Å²) >= 11 is 1.67. The number of amides is 1. The summed E-state index contributed by atoms with van der Waals surface area (Å²) in [5.74, 6) is -0.126. The van der Waals surface area contributed by atoms with Crippen molar-refractivity contribution in [1.29, 1.82) is 0 Å². The van der Waals surface area contributed by atoms with Gasteiger partial charge in [0.25, 0.3) is 0 Å². The first-order valence-corrected chi connectivity index (χ1v) is 11.6. The Morgan fingerprint density at radius 3 is 2.53 bits per heavy atom. The molecule has 1 saturated carbocycles. The predicted octanol–water partition coefficient (Wildman–Crippen LogP) is 4.99. The maximum absolute atomic E-state index is 12.5. The highest BCUT2D eigenvalue weighted by atomic mass is 32.1.